The molecule has 3 heterocycles. The van der Waals surface area contributed by atoms with Gasteiger partial charge in [0.1, 0.15) is 5.01 Å². The molecule has 0 spiro atoms. The highest BCUT2D eigenvalue weighted by molar-refractivity contribution is 7.10. The fourth-order valence-electron chi connectivity index (χ4n) is 2.74. The van der Waals surface area contributed by atoms with E-state index in [0.29, 0.717) is 5.92 Å². The number of nitrogens with one attached hydrogen (secondary N) is 1. The Kier molecular flexibility index (Phi) is 5.96. The number of hydrogen-bond acceptors (Lipinski definition) is 5. The molecule has 1 amide bonds. The summed E-state index contributed by atoms with van der Waals surface area (Å²) in [4.78, 5) is 19.9. The van der Waals surface area contributed by atoms with Crippen LogP contribution in [-0.2, 0) is 11.3 Å². The minimum atomic E-state index is -0.0267. The van der Waals surface area contributed by atoms with Crippen LogP contribution in [0.2, 0.25) is 0 Å². The third-order valence-electron chi connectivity index (χ3n) is 4.06. The Morgan fingerprint density at radius 3 is 2.91 bits per heavy atom. The van der Waals surface area contributed by atoms with E-state index in [1.165, 1.54) is 16.2 Å². The standard InChI is InChI=1S/C17H21N3OS2/c21-16(3-4-17-18-7-11-23-17)19-12-14-5-8-20(9-6-14)13-15-2-1-10-22-15/h1-4,7,10-11,14H,5-6,8-9,12-13H2,(H,19,21)/b4-3-. The van der Waals surface area contributed by atoms with Crippen LogP contribution >= 0.6 is 22.7 Å². The minimum Gasteiger partial charge on any atom is -0.352 e. The molecule has 0 aliphatic carbocycles. The van der Waals surface area contributed by atoms with Crippen molar-refractivity contribution in [3.63, 3.8) is 0 Å². The molecule has 0 unspecified atom stereocenters. The van der Waals surface area contributed by atoms with Crippen LogP contribution in [0.5, 0.6) is 0 Å². The monoisotopic (exact) mass is 347 g/mol. The van der Waals surface area contributed by atoms with Gasteiger partial charge in [-0.2, -0.15) is 0 Å². The van der Waals surface area contributed by atoms with E-state index in [9.17, 15) is 4.79 Å². The fraction of sp³-hybridized carbons (Fsp3) is 0.412. The second kappa shape index (κ2) is 8.38. The summed E-state index contributed by atoms with van der Waals surface area (Å²) in [5, 5.41) is 7.91. The molecule has 2 aromatic heterocycles. The number of carbonyl (C=O) groups excluding carboxylic acids is 1. The van der Waals surface area contributed by atoms with E-state index < -0.39 is 0 Å². The summed E-state index contributed by atoms with van der Waals surface area (Å²) >= 11 is 3.36. The van der Waals surface area contributed by atoms with Crippen LogP contribution in [0.15, 0.2) is 35.2 Å². The molecule has 3 rings (SSSR count). The highest BCUT2D eigenvalue weighted by Gasteiger charge is 2.19. The number of likely N-dealkylation sites (tertiary alicyclic amines) is 1. The van der Waals surface area contributed by atoms with Gasteiger partial charge in [0.15, 0.2) is 0 Å². The van der Waals surface area contributed by atoms with Gasteiger partial charge in [0.05, 0.1) is 0 Å². The first-order chi connectivity index (χ1) is 11.3. The van der Waals surface area contributed by atoms with Crippen molar-refractivity contribution in [2.45, 2.75) is 19.4 Å². The van der Waals surface area contributed by atoms with Crippen LogP contribution in [0.25, 0.3) is 6.08 Å². The van der Waals surface area contributed by atoms with Gasteiger partial charge < -0.3 is 5.32 Å². The normalized spacial score (nSPS) is 16.9. The van der Waals surface area contributed by atoms with Crippen molar-refractivity contribution in [1.29, 1.82) is 0 Å². The van der Waals surface area contributed by atoms with Gasteiger partial charge in [-0.3, -0.25) is 9.69 Å². The van der Waals surface area contributed by atoms with Crippen LogP contribution in [0, 0.1) is 5.92 Å². The lowest BCUT2D eigenvalue weighted by Crippen LogP contribution is -2.37. The van der Waals surface area contributed by atoms with Crippen molar-refractivity contribution in [2.24, 2.45) is 5.92 Å². The SMILES string of the molecule is O=C(/C=C\c1nccs1)NCC1CCN(Cc2cccs2)CC1. The summed E-state index contributed by atoms with van der Waals surface area (Å²) in [6.07, 6.45) is 7.39. The molecule has 1 aliphatic rings. The summed E-state index contributed by atoms with van der Waals surface area (Å²) in [7, 11) is 0. The zero-order valence-electron chi connectivity index (χ0n) is 13.0. The van der Waals surface area contributed by atoms with E-state index in [2.05, 4.69) is 32.7 Å². The van der Waals surface area contributed by atoms with E-state index in [4.69, 9.17) is 0 Å². The molecule has 23 heavy (non-hydrogen) atoms. The minimum absolute atomic E-state index is 0.0267. The Bertz CT molecular complexity index is 614. The number of nitrogens with zero attached hydrogens (tertiary/aromatic N) is 2. The van der Waals surface area contributed by atoms with Crippen LogP contribution in [0.3, 0.4) is 0 Å². The average Bonchev–Trinajstić information content (AvgIpc) is 3.26. The van der Waals surface area contributed by atoms with Crippen molar-refractivity contribution in [2.75, 3.05) is 19.6 Å². The molecule has 1 aliphatic heterocycles. The molecule has 1 N–H and O–H groups in total. The predicted octanol–water partition coefficient (Wildman–Crippen LogP) is 3.25. The molecule has 0 atom stereocenters. The second-order valence-corrected chi connectivity index (χ2v) is 7.71. The van der Waals surface area contributed by atoms with Crippen LogP contribution in [-0.4, -0.2) is 35.4 Å². The number of rotatable bonds is 6. The number of amides is 1. The Hall–Kier alpha value is -1.50. The Balaban J connectivity index is 1.35. The van der Waals surface area contributed by atoms with Gasteiger partial charge in [0.25, 0.3) is 0 Å². The zero-order valence-corrected chi connectivity index (χ0v) is 14.6. The maximum atomic E-state index is 11.8. The van der Waals surface area contributed by atoms with Gasteiger partial charge in [0.2, 0.25) is 5.91 Å². The predicted molar refractivity (Wildman–Crippen MR) is 96.5 cm³/mol. The molecular formula is C17H21N3OS2. The summed E-state index contributed by atoms with van der Waals surface area (Å²) < 4.78 is 0. The molecule has 0 aromatic carbocycles. The second-order valence-electron chi connectivity index (χ2n) is 5.75. The first-order valence-electron chi connectivity index (χ1n) is 7.90. The highest BCUT2D eigenvalue weighted by Crippen LogP contribution is 2.20. The van der Waals surface area contributed by atoms with Gasteiger partial charge in [-0.25, -0.2) is 4.98 Å². The molecule has 0 radical (unpaired) electrons. The maximum absolute atomic E-state index is 11.8. The molecule has 0 bridgehead atoms. The van der Waals surface area contributed by atoms with Gasteiger partial charge in [-0.05, 0) is 49.4 Å². The van der Waals surface area contributed by atoms with E-state index in [1.54, 1.807) is 18.3 Å². The van der Waals surface area contributed by atoms with Crippen LogP contribution in [0.4, 0.5) is 0 Å². The largest absolute Gasteiger partial charge is 0.352 e. The van der Waals surface area contributed by atoms with Gasteiger partial charge in [-0.1, -0.05) is 6.07 Å². The zero-order chi connectivity index (χ0) is 15.9. The smallest absolute Gasteiger partial charge is 0.244 e. The topological polar surface area (TPSA) is 45.2 Å². The van der Waals surface area contributed by atoms with E-state index >= 15 is 0 Å². The number of thiazole rings is 1. The van der Waals surface area contributed by atoms with Gasteiger partial charge >= 0.3 is 0 Å². The average molecular weight is 348 g/mol. The third-order valence-corrected chi connectivity index (χ3v) is 5.66. The summed E-state index contributed by atoms with van der Waals surface area (Å²) in [6, 6.07) is 4.31. The molecule has 122 valence electrons. The highest BCUT2D eigenvalue weighted by atomic mass is 32.1. The number of piperidine rings is 1. The molecule has 6 heteroatoms. The van der Waals surface area contributed by atoms with Gasteiger partial charge in [0, 0.05) is 35.6 Å². The van der Waals surface area contributed by atoms with Crippen molar-refractivity contribution in [3.05, 3.63) is 45.1 Å². The fourth-order valence-corrected chi connectivity index (χ4v) is 4.01. The summed E-state index contributed by atoms with van der Waals surface area (Å²) in [5.41, 5.74) is 0. The molecule has 4 nitrogen and oxygen atoms in total. The molecule has 0 saturated carbocycles. The molecule has 1 saturated heterocycles. The van der Waals surface area contributed by atoms with E-state index in [-0.39, 0.29) is 5.91 Å². The summed E-state index contributed by atoms with van der Waals surface area (Å²) in [5.74, 6) is 0.563. The van der Waals surface area contributed by atoms with Gasteiger partial charge in [-0.15, -0.1) is 22.7 Å². The lowest BCUT2D eigenvalue weighted by molar-refractivity contribution is -0.116. The van der Waals surface area contributed by atoms with E-state index in [0.717, 1.165) is 44.0 Å². The Morgan fingerprint density at radius 1 is 1.35 bits per heavy atom. The number of aromatic nitrogens is 1. The number of hydrogen-bond donors (Lipinski definition) is 1. The summed E-state index contributed by atoms with van der Waals surface area (Å²) in [6.45, 7) is 4.07. The quantitative estimate of drug-likeness (QED) is 0.816. The van der Waals surface area contributed by atoms with Crippen molar-refractivity contribution in [1.82, 2.24) is 15.2 Å². The van der Waals surface area contributed by atoms with Crippen molar-refractivity contribution < 1.29 is 4.79 Å². The molecule has 1 fully saturated rings. The van der Waals surface area contributed by atoms with Crippen molar-refractivity contribution in [3.8, 4) is 0 Å². The first kappa shape index (κ1) is 16.4. The maximum Gasteiger partial charge on any atom is 0.244 e. The first-order valence-corrected chi connectivity index (χ1v) is 9.65. The third kappa shape index (κ3) is 5.27. The van der Waals surface area contributed by atoms with Crippen molar-refractivity contribution >= 4 is 34.7 Å². The Labute approximate surface area is 144 Å². The van der Waals surface area contributed by atoms with Crippen LogP contribution in [0.1, 0.15) is 22.7 Å². The number of thiophene rings is 1. The lowest BCUT2D eigenvalue weighted by Gasteiger charge is -2.31. The lowest BCUT2D eigenvalue weighted by atomic mass is 9.97. The van der Waals surface area contributed by atoms with E-state index in [1.807, 2.05) is 16.7 Å². The molecular weight excluding hydrogens is 326 g/mol. The number of carbonyl (C=O) groups is 1. The Morgan fingerprint density at radius 2 is 2.22 bits per heavy atom. The molecule has 2 aromatic rings. The van der Waals surface area contributed by atoms with Crippen LogP contribution < -0.4 is 5.32 Å².